The second-order valence-electron chi connectivity index (χ2n) is 2.44. The van der Waals surface area contributed by atoms with Crippen molar-refractivity contribution < 1.29 is 23.1 Å². The first kappa shape index (κ1) is 8.98. The summed E-state index contributed by atoms with van der Waals surface area (Å²) in [6.45, 7) is -0.337. The highest BCUT2D eigenvalue weighted by Crippen LogP contribution is 2.06. The smallest absolute Gasteiger partial charge is 0.323 e. The lowest BCUT2D eigenvalue weighted by Gasteiger charge is -2.18. The summed E-state index contributed by atoms with van der Waals surface area (Å²) in [5.74, 6) is -2.80. The molecule has 7 heteroatoms. The lowest BCUT2D eigenvalue weighted by Crippen LogP contribution is -2.51. The third-order valence-corrected chi connectivity index (χ3v) is 3.43. The van der Waals surface area contributed by atoms with E-state index in [1.54, 1.807) is 0 Å². The van der Waals surface area contributed by atoms with Gasteiger partial charge in [0.2, 0.25) is 5.91 Å². The van der Waals surface area contributed by atoms with Crippen LogP contribution < -0.4 is 5.32 Å². The minimum atomic E-state index is -3.78. The number of carbonyl (C=O) groups is 2. The van der Waals surface area contributed by atoms with E-state index < -0.39 is 32.7 Å². The van der Waals surface area contributed by atoms with Gasteiger partial charge in [-0.05, 0) is 0 Å². The van der Waals surface area contributed by atoms with Gasteiger partial charge in [-0.1, -0.05) is 0 Å². The zero-order valence-corrected chi connectivity index (χ0v) is 6.80. The molecule has 68 valence electrons. The highest BCUT2D eigenvalue weighted by atomic mass is 32.2. The summed E-state index contributed by atoms with van der Waals surface area (Å²) < 4.78 is 22.0. The average molecular weight is 193 g/mol. The predicted molar refractivity (Wildman–Crippen MR) is 38.2 cm³/mol. The molecule has 0 aliphatic carbocycles. The summed E-state index contributed by atoms with van der Waals surface area (Å²) in [6, 6.07) is 0. The number of hydrogen-bond donors (Lipinski definition) is 2. The van der Waals surface area contributed by atoms with Gasteiger partial charge in [0.15, 0.2) is 15.1 Å². The molecule has 0 bridgehead atoms. The summed E-state index contributed by atoms with van der Waals surface area (Å²) in [5, 5.41) is 9.11. The number of amides is 1. The minimum absolute atomic E-state index is 0.337. The maximum Gasteiger partial charge on any atom is 0.323 e. The lowest BCUT2D eigenvalue weighted by molar-refractivity contribution is -0.136. The Morgan fingerprint density at radius 1 is 1.58 bits per heavy atom. The minimum Gasteiger partial charge on any atom is -0.480 e. The van der Waals surface area contributed by atoms with Gasteiger partial charge in [0.25, 0.3) is 0 Å². The molecule has 1 saturated heterocycles. The molecule has 1 fully saturated rings. The molecule has 1 aliphatic heterocycles. The van der Waals surface area contributed by atoms with Gasteiger partial charge >= 0.3 is 5.97 Å². The van der Waals surface area contributed by atoms with Crippen LogP contribution >= 0.6 is 0 Å². The number of sulfone groups is 1. The molecule has 0 radical (unpaired) electrons. The van der Waals surface area contributed by atoms with Gasteiger partial charge in [-0.15, -0.1) is 0 Å². The number of carbonyl (C=O) groups excluding carboxylic acids is 1. The Labute approximate surface area is 68.5 Å². The molecule has 1 atom stereocenters. The van der Waals surface area contributed by atoms with Crippen LogP contribution in [0.5, 0.6) is 0 Å². The highest BCUT2D eigenvalue weighted by molar-refractivity contribution is 7.93. The van der Waals surface area contributed by atoms with E-state index in [2.05, 4.69) is 5.32 Å². The predicted octanol–water partition coefficient (Wildman–Crippen LogP) is -2.02. The quantitative estimate of drug-likeness (QED) is 0.501. The van der Waals surface area contributed by atoms with Crippen molar-refractivity contribution in [2.24, 2.45) is 0 Å². The van der Waals surface area contributed by atoms with Crippen molar-refractivity contribution >= 4 is 21.7 Å². The fourth-order valence-corrected chi connectivity index (χ4v) is 2.22. The average Bonchev–Trinajstić information content (AvgIpc) is 1.82. The van der Waals surface area contributed by atoms with Crippen LogP contribution in [0, 0.1) is 0 Å². The van der Waals surface area contributed by atoms with Crippen molar-refractivity contribution in [1.82, 2.24) is 5.32 Å². The summed E-state index contributed by atoms with van der Waals surface area (Å²) in [7, 11) is -3.78. The first-order chi connectivity index (χ1) is 5.43. The second-order valence-corrected chi connectivity index (χ2v) is 4.62. The largest absolute Gasteiger partial charge is 0.480 e. The van der Waals surface area contributed by atoms with E-state index >= 15 is 0 Å². The molecular formula is C5H7NO5S. The molecule has 0 aromatic carbocycles. The molecule has 0 spiro atoms. The molecule has 0 aromatic heterocycles. The Hall–Kier alpha value is -1.11. The van der Waals surface area contributed by atoms with E-state index in [-0.39, 0.29) is 6.54 Å². The number of aliphatic carboxylic acids is 1. The highest BCUT2D eigenvalue weighted by Gasteiger charge is 2.38. The molecule has 1 unspecified atom stereocenters. The summed E-state index contributed by atoms with van der Waals surface area (Å²) in [4.78, 5) is 20.9. The molecular weight excluding hydrogens is 186 g/mol. The Balaban J connectivity index is 2.93. The summed E-state index contributed by atoms with van der Waals surface area (Å²) >= 11 is 0. The molecule has 1 amide bonds. The topological polar surface area (TPSA) is 101 Å². The number of carboxylic acid groups (broad SMARTS) is 1. The van der Waals surface area contributed by atoms with Gasteiger partial charge in [-0.25, -0.2) is 8.42 Å². The summed E-state index contributed by atoms with van der Waals surface area (Å²) in [6.07, 6.45) is 0. The fourth-order valence-electron chi connectivity index (χ4n) is 0.909. The van der Waals surface area contributed by atoms with Crippen LogP contribution in [-0.4, -0.2) is 42.9 Å². The molecule has 12 heavy (non-hydrogen) atoms. The van der Waals surface area contributed by atoms with Crippen molar-refractivity contribution in [3.63, 3.8) is 0 Å². The van der Waals surface area contributed by atoms with Crippen molar-refractivity contribution in [2.75, 3.05) is 12.3 Å². The third-order valence-electron chi connectivity index (χ3n) is 1.53. The molecule has 1 aliphatic rings. The molecule has 2 N–H and O–H groups in total. The van der Waals surface area contributed by atoms with Crippen LogP contribution in [0.15, 0.2) is 0 Å². The first-order valence-electron chi connectivity index (χ1n) is 3.14. The number of nitrogens with one attached hydrogen (secondary N) is 1. The van der Waals surface area contributed by atoms with E-state index in [4.69, 9.17) is 5.11 Å². The fraction of sp³-hybridized carbons (Fsp3) is 0.600. The Bertz CT molecular complexity index is 319. The summed E-state index contributed by atoms with van der Waals surface area (Å²) in [5.41, 5.74) is 0. The maximum atomic E-state index is 11.0. The molecule has 0 saturated carbocycles. The van der Waals surface area contributed by atoms with Crippen LogP contribution in [-0.2, 0) is 19.4 Å². The zero-order valence-electron chi connectivity index (χ0n) is 5.98. The van der Waals surface area contributed by atoms with Crippen LogP contribution in [0.25, 0.3) is 0 Å². The van der Waals surface area contributed by atoms with Gasteiger partial charge in [0.05, 0.1) is 0 Å². The van der Waals surface area contributed by atoms with Crippen LogP contribution in [0.4, 0.5) is 0 Å². The van der Waals surface area contributed by atoms with E-state index in [9.17, 15) is 18.0 Å². The van der Waals surface area contributed by atoms with Crippen molar-refractivity contribution in [1.29, 1.82) is 0 Å². The van der Waals surface area contributed by atoms with E-state index in [0.717, 1.165) is 0 Å². The maximum absolute atomic E-state index is 11.0. The van der Waals surface area contributed by atoms with E-state index in [1.807, 2.05) is 0 Å². The molecule has 0 aromatic rings. The van der Waals surface area contributed by atoms with Gasteiger partial charge < -0.3 is 10.4 Å². The van der Waals surface area contributed by atoms with Crippen LogP contribution in [0.2, 0.25) is 0 Å². The van der Waals surface area contributed by atoms with Gasteiger partial charge in [-0.2, -0.15) is 0 Å². The normalized spacial score (nSPS) is 27.7. The van der Waals surface area contributed by atoms with Crippen LogP contribution in [0.3, 0.4) is 0 Å². The standard InChI is InChI=1S/C5H7NO5S/c7-4-2-12(10,11)3(1-6-4)5(8)9/h3H,1-2H2,(H,6,7)(H,8,9). The molecule has 1 rings (SSSR count). The third kappa shape index (κ3) is 1.55. The van der Waals surface area contributed by atoms with Crippen molar-refractivity contribution in [3.8, 4) is 0 Å². The number of carboxylic acids is 1. The SMILES string of the molecule is O=C1CS(=O)(=O)C(C(=O)O)CN1. The monoisotopic (exact) mass is 193 g/mol. The van der Waals surface area contributed by atoms with Gasteiger partial charge in [0.1, 0.15) is 5.75 Å². The van der Waals surface area contributed by atoms with Crippen LogP contribution in [0.1, 0.15) is 0 Å². The van der Waals surface area contributed by atoms with Gasteiger partial charge in [0, 0.05) is 6.54 Å². The first-order valence-corrected chi connectivity index (χ1v) is 4.86. The van der Waals surface area contributed by atoms with E-state index in [1.165, 1.54) is 0 Å². The molecule has 6 nitrogen and oxygen atoms in total. The number of rotatable bonds is 1. The van der Waals surface area contributed by atoms with Crippen molar-refractivity contribution in [2.45, 2.75) is 5.25 Å². The van der Waals surface area contributed by atoms with Crippen molar-refractivity contribution in [3.05, 3.63) is 0 Å². The Morgan fingerprint density at radius 2 is 2.17 bits per heavy atom. The second kappa shape index (κ2) is 2.74. The molecule has 1 heterocycles. The lowest BCUT2D eigenvalue weighted by atomic mass is 10.4. The zero-order chi connectivity index (χ0) is 9.35. The number of hydrogen-bond acceptors (Lipinski definition) is 4. The Kier molecular flexibility index (Phi) is 2.05. The van der Waals surface area contributed by atoms with E-state index in [0.29, 0.717) is 0 Å². The Morgan fingerprint density at radius 3 is 2.58 bits per heavy atom. The van der Waals surface area contributed by atoms with Gasteiger partial charge in [-0.3, -0.25) is 9.59 Å².